The molecule has 2 aromatic rings. The van der Waals surface area contributed by atoms with Gasteiger partial charge in [0.05, 0.1) is 5.02 Å². The summed E-state index contributed by atoms with van der Waals surface area (Å²) in [5, 5.41) is 0.504. The molecule has 1 amide bonds. The average Bonchev–Trinajstić information content (AvgIpc) is 2.66. The van der Waals surface area contributed by atoms with E-state index in [-0.39, 0.29) is 30.4 Å². The predicted octanol–water partition coefficient (Wildman–Crippen LogP) is 4.29. The molecule has 6 heteroatoms. The molecule has 1 aliphatic rings. The first-order valence-corrected chi connectivity index (χ1v) is 9.88. The summed E-state index contributed by atoms with van der Waals surface area (Å²) in [4.78, 5) is 16.9. The molecule has 2 aromatic carbocycles. The van der Waals surface area contributed by atoms with E-state index >= 15 is 0 Å². The summed E-state index contributed by atoms with van der Waals surface area (Å²) in [6.07, 6.45) is 0. The molecule has 0 spiro atoms. The molecule has 3 rings (SSSR count). The Morgan fingerprint density at radius 1 is 1.14 bits per heavy atom. The minimum atomic E-state index is -0.228. The molecule has 1 saturated heterocycles. The monoisotopic (exact) mass is 404 g/mol. The molecule has 0 aliphatic carbocycles. The first-order valence-electron chi connectivity index (χ1n) is 9.50. The molecule has 2 atom stereocenters. The van der Waals surface area contributed by atoms with Gasteiger partial charge in [0.2, 0.25) is 0 Å². The number of nitrogens with zero attached hydrogens (tertiary/aromatic N) is 2. The van der Waals surface area contributed by atoms with Crippen molar-refractivity contribution in [3.63, 3.8) is 0 Å². The van der Waals surface area contributed by atoms with Crippen LogP contribution in [0.5, 0.6) is 5.75 Å². The molecule has 28 heavy (non-hydrogen) atoms. The number of carbonyl (C=O) groups is 1. The van der Waals surface area contributed by atoms with Crippen LogP contribution < -0.4 is 4.74 Å². The highest BCUT2D eigenvalue weighted by Crippen LogP contribution is 2.25. The number of hydrogen-bond acceptors (Lipinski definition) is 3. The van der Waals surface area contributed by atoms with Gasteiger partial charge in [-0.2, -0.15) is 0 Å². The van der Waals surface area contributed by atoms with E-state index < -0.39 is 0 Å². The molecule has 0 aromatic heterocycles. The second-order valence-electron chi connectivity index (χ2n) is 7.52. The van der Waals surface area contributed by atoms with Crippen LogP contribution in [0.2, 0.25) is 5.02 Å². The molecular weight excluding hydrogens is 379 g/mol. The van der Waals surface area contributed by atoms with Crippen LogP contribution in [0.25, 0.3) is 0 Å². The number of aryl methyl sites for hydroxylation is 1. The van der Waals surface area contributed by atoms with Crippen LogP contribution in [0.15, 0.2) is 42.5 Å². The molecule has 2 unspecified atom stereocenters. The Labute approximate surface area is 170 Å². The Hall–Kier alpha value is -2.11. The molecule has 0 bridgehead atoms. The normalized spacial score (nSPS) is 20.2. The first-order chi connectivity index (χ1) is 13.3. The van der Waals surface area contributed by atoms with Gasteiger partial charge in [0.1, 0.15) is 11.6 Å². The van der Waals surface area contributed by atoms with E-state index in [1.54, 1.807) is 6.07 Å². The summed E-state index contributed by atoms with van der Waals surface area (Å²) < 4.78 is 18.8. The third kappa shape index (κ3) is 5.03. The topological polar surface area (TPSA) is 32.8 Å². The summed E-state index contributed by atoms with van der Waals surface area (Å²) in [7, 11) is 0. The zero-order valence-corrected chi connectivity index (χ0v) is 17.2. The number of hydrogen-bond donors (Lipinski definition) is 0. The number of ether oxygens (including phenoxy) is 1. The fourth-order valence-corrected chi connectivity index (χ4v) is 3.71. The maximum absolute atomic E-state index is 13.1. The van der Waals surface area contributed by atoms with Gasteiger partial charge in [-0.3, -0.25) is 9.69 Å². The average molecular weight is 405 g/mol. The fraction of sp³-hybridized carbons (Fsp3) is 0.409. The third-order valence-electron chi connectivity index (χ3n) is 5.17. The quantitative estimate of drug-likeness (QED) is 0.745. The van der Waals surface area contributed by atoms with Crippen molar-refractivity contribution >= 4 is 17.5 Å². The van der Waals surface area contributed by atoms with E-state index in [2.05, 4.69) is 11.8 Å². The molecule has 4 nitrogen and oxygen atoms in total. The standard InChI is InChI=1S/C22H26ClFN2O2/c1-15-4-9-20(23)21(10-15)28-14-22(27)26-12-16(2)25(11-17(26)3)13-18-5-7-19(24)8-6-18/h4-10,16-17H,11-14H2,1-3H3. The van der Waals surface area contributed by atoms with E-state index in [0.717, 1.165) is 24.2 Å². The Morgan fingerprint density at radius 3 is 2.57 bits per heavy atom. The van der Waals surface area contributed by atoms with E-state index in [4.69, 9.17) is 16.3 Å². The second-order valence-corrected chi connectivity index (χ2v) is 7.93. The Balaban J connectivity index is 1.57. The van der Waals surface area contributed by atoms with Gasteiger partial charge in [0, 0.05) is 31.7 Å². The lowest BCUT2D eigenvalue weighted by Crippen LogP contribution is -2.58. The highest BCUT2D eigenvalue weighted by molar-refractivity contribution is 6.32. The first kappa shape index (κ1) is 20.6. The number of rotatable bonds is 5. The Morgan fingerprint density at radius 2 is 1.86 bits per heavy atom. The largest absolute Gasteiger partial charge is 0.482 e. The summed E-state index contributed by atoms with van der Waals surface area (Å²) in [6.45, 7) is 8.20. The smallest absolute Gasteiger partial charge is 0.260 e. The molecule has 0 radical (unpaired) electrons. The molecule has 1 heterocycles. The van der Waals surface area contributed by atoms with Crippen LogP contribution in [-0.2, 0) is 11.3 Å². The van der Waals surface area contributed by atoms with Gasteiger partial charge in [0.15, 0.2) is 6.61 Å². The van der Waals surface area contributed by atoms with E-state index in [0.29, 0.717) is 17.3 Å². The number of piperazine rings is 1. The molecular formula is C22H26ClFN2O2. The van der Waals surface area contributed by atoms with Gasteiger partial charge in [-0.15, -0.1) is 0 Å². The number of carbonyl (C=O) groups excluding carboxylic acids is 1. The Bertz CT molecular complexity index is 828. The maximum Gasteiger partial charge on any atom is 0.260 e. The van der Waals surface area contributed by atoms with Gasteiger partial charge in [0.25, 0.3) is 5.91 Å². The molecule has 150 valence electrons. The predicted molar refractivity (Wildman–Crippen MR) is 109 cm³/mol. The van der Waals surface area contributed by atoms with Gasteiger partial charge in [-0.1, -0.05) is 29.8 Å². The van der Waals surface area contributed by atoms with Crippen molar-refractivity contribution < 1.29 is 13.9 Å². The highest BCUT2D eigenvalue weighted by Gasteiger charge is 2.32. The van der Waals surface area contributed by atoms with Gasteiger partial charge in [-0.25, -0.2) is 4.39 Å². The summed E-state index contributed by atoms with van der Waals surface area (Å²) in [5.74, 6) is 0.262. The van der Waals surface area contributed by atoms with Crippen LogP contribution in [0, 0.1) is 12.7 Å². The number of amides is 1. The van der Waals surface area contributed by atoms with Gasteiger partial charge >= 0.3 is 0 Å². The van der Waals surface area contributed by atoms with Crippen LogP contribution >= 0.6 is 11.6 Å². The maximum atomic E-state index is 13.1. The van der Waals surface area contributed by atoms with Crippen LogP contribution in [-0.4, -0.2) is 47.5 Å². The Kier molecular flexibility index (Phi) is 6.57. The summed E-state index contributed by atoms with van der Waals surface area (Å²) >= 11 is 6.14. The summed E-state index contributed by atoms with van der Waals surface area (Å²) in [5.41, 5.74) is 2.10. The molecule has 0 N–H and O–H groups in total. The van der Waals surface area contributed by atoms with E-state index in [1.807, 2.05) is 43.0 Å². The summed E-state index contributed by atoms with van der Waals surface area (Å²) in [6, 6.07) is 12.4. The van der Waals surface area contributed by atoms with Crippen LogP contribution in [0.3, 0.4) is 0 Å². The lowest BCUT2D eigenvalue weighted by atomic mass is 10.1. The van der Waals surface area contributed by atoms with Crippen molar-refractivity contribution in [1.82, 2.24) is 9.80 Å². The SMILES string of the molecule is Cc1ccc(Cl)c(OCC(=O)N2CC(C)N(Cc3ccc(F)cc3)CC2C)c1. The molecule has 1 aliphatic heterocycles. The minimum absolute atomic E-state index is 0.0296. The van der Waals surface area contributed by atoms with Crippen molar-refractivity contribution in [3.8, 4) is 5.75 Å². The highest BCUT2D eigenvalue weighted by atomic mass is 35.5. The number of benzene rings is 2. The van der Waals surface area contributed by atoms with Crippen molar-refractivity contribution in [2.45, 2.75) is 39.4 Å². The number of halogens is 2. The second kappa shape index (κ2) is 8.93. The van der Waals surface area contributed by atoms with Crippen molar-refractivity contribution in [3.05, 3.63) is 64.4 Å². The van der Waals surface area contributed by atoms with Gasteiger partial charge < -0.3 is 9.64 Å². The lowest BCUT2D eigenvalue weighted by Gasteiger charge is -2.44. The molecule has 0 saturated carbocycles. The lowest BCUT2D eigenvalue weighted by molar-refractivity contribution is -0.139. The molecule has 1 fully saturated rings. The van der Waals surface area contributed by atoms with Gasteiger partial charge in [-0.05, 0) is 56.2 Å². The zero-order chi connectivity index (χ0) is 20.3. The fourth-order valence-electron chi connectivity index (χ4n) is 3.53. The van der Waals surface area contributed by atoms with Crippen molar-refractivity contribution in [2.75, 3.05) is 19.7 Å². The van der Waals surface area contributed by atoms with E-state index in [1.165, 1.54) is 12.1 Å². The van der Waals surface area contributed by atoms with Crippen molar-refractivity contribution in [2.24, 2.45) is 0 Å². The van der Waals surface area contributed by atoms with E-state index in [9.17, 15) is 9.18 Å². The van der Waals surface area contributed by atoms with Crippen LogP contribution in [0.1, 0.15) is 25.0 Å². The third-order valence-corrected chi connectivity index (χ3v) is 5.48. The minimum Gasteiger partial charge on any atom is -0.482 e. The zero-order valence-electron chi connectivity index (χ0n) is 16.5. The van der Waals surface area contributed by atoms with Crippen molar-refractivity contribution in [1.29, 1.82) is 0 Å². The van der Waals surface area contributed by atoms with Crippen LogP contribution in [0.4, 0.5) is 4.39 Å².